The second-order valence-corrected chi connectivity index (χ2v) is 10.5. The van der Waals surface area contributed by atoms with E-state index in [0.29, 0.717) is 18.7 Å². The number of hydrogen-bond donors (Lipinski definition) is 0. The normalized spacial score (nSPS) is 11.3. The number of methoxy groups -OCH3 is 2. The van der Waals surface area contributed by atoms with Crippen LogP contribution >= 0.6 is 0 Å². The van der Waals surface area contributed by atoms with E-state index in [-0.39, 0.29) is 28.8 Å². The number of rotatable bonds is 12. The molecule has 1 amide bonds. The quantitative estimate of drug-likeness (QED) is 0.215. The Morgan fingerprint density at radius 1 is 0.825 bits per heavy atom. The number of carbonyl (C=O) groups is 1. The van der Waals surface area contributed by atoms with Crippen LogP contribution in [0.1, 0.15) is 22.6 Å². The molecule has 0 radical (unpaired) electrons. The third-order valence-corrected chi connectivity index (χ3v) is 7.54. The van der Waals surface area contributed by atoms with E-state index in [1.54, 1.807) is 24.1 Å². The van der Waals surface area contributed by atoms with Crippen molar-refractivity contribution >= 4 is 16.0 Å². The molecule has 208 valence electrons. The number of benzene rings is 4. The largest absolute Gasteiger partial charge is 0.493 e. The van der Waals surface area contributed by atoms with E-state index in [0.717, 1.165) is 35.4 Å². The van der Waals surface area contributed by atoms with E-state index < -0.39 is 21.9 Å². The van der Waals surface area contributed by atoms with Gasteiger partial charge in [0.2, 0.25) is 5.91 Å². The highest BCUT2D eigenvalue weighted by atomic mass is 32.2. The van der Waals surface area contributed by atoms with Gasteiger partial charge in [-0.05, 0) is 53.1 Å². The van der Waals surface area contributed by atoms with Crippen molar-refractivity contribution in [2.75, 3.05) is 27.4 Å². The van der Waals surface area contributed by atoms with Gasteiger partial charge in [0.05, 0.1) is 19.6 Å². The van der Waals surface area contributed by atoms with E-state index in [2.05, 4.69) is 0 Å². The lowest BCUT2D eigenvalue weighted by molar-refractivity contribution is -0.133. The van der Waals surface area contributed by atoms with Crippen molar-refractivity contribution in [3.8, 4) is 11.5 Å². The molecular formula is C31H30FNO6S. The third-order valence-electron chi connectivity index (χ3n) is 6.29. The molecule has 0 aliphatic carbocycles. The first kappa shape index (κ1) is 28.8. The van der Waals surface area contributed by atoms with Gasteiger partial charge in [-0.3, -0.25) is 4.79 Å². The Labute approximate surface area is 233 Å². The lowest BCUT2D eigenvalue weighted by Gasteiger charge is -2.28. The molecule has 0 aromatic heterocycles. The van der Waals surface area contributed by atoms with Gasteiger partial charge in [-0.15, -0.1) is 0 Å². The molecule has 0 aliphatic heterocycles. The van der Waals surface area contributed by atoms with Crippen molar-refractivity contribution in [3.05, 3.63) is 126 Å². The van der Waals surface area contributed by atoms with Crippen LogP contribution in [0.4, 0.5) is 4.39 Å². The average molecular weight is 564 g/mol. The van der Waals surface area contributed by atoms with Crippen LogP contribution in [0.2, 0.25) is 0 Å². The monoisotopic (exact) mass is 563 g/mol. The summed E-state index contributed by atoms with van der Waals surface area (Å²) >= 11 is 0. The highest BCUT2D eigenvalue weighted by Crippen LogP contribution is 2.32. The Kier molecular flexibility index (Phi) is 9.52. The number of ether oxygens (including phenoxy) is 2. The van der Waals surface area contributed by atoms with Gasteiger partial charge in [0.1, 0.15) is 10.7 Å². The fourth-order valence-corrected chi connectivity index (χ4v) is 5.22. The first-order valence-corrected chi connectivity index (χ1v) is 14.0. The van der Waals surface area contributed by atoms with Gasteiger partial charge in [0.15, 0.2) is 11.5 Å². The summed E-state index contributed by atoms with van der Waals surface area (Å²) in [5.41, 5.74) is 2.32. The number of carbonyl (C=O) groups excluding carboxylic acids is 1. The van der Waals surface area contributed by atoms with Crippen molar-refractivity contribution in [2.24, 2.45) is 0 Å². The van der Waals surface area contributed by atoms with Crippen LogP contribution in [0.25, 0.3) is 0 Å². The second-order valence-electron chi connectivity index (χ2n) is 8.98. The minimum Gasteiger partial charge on any atom is -0.493 e. The molecule has 7 nitrogen and oxygen atoms in total. The molecular weight excluding hydrogens is 533 g/mol. The van der Waals surface area contributed by atoms with Gasteiger partial charge in [-0.2, -0.15) is 8.42 Å². The zero-order valence-corrected chi connectivity index (χ0v) is 23.0. The van der Waals surface area contributed by atoms with E-state index >= 15 is 0 Å². The predicted molar refractivity (Wildman–Crippen MR) is 149 cm³/mol. The van der Waals surface area contributed by atoms with Crippen LogP contribution < -0.4 is 8.92 Å². The third kappa shape index (κ3) is 7.05. The molecule has 4 rings (SSSR count). The number of amides is 1. The first-order chi connectivity index (χ1) is 19.3. The highest BCUT2D eigenvalue weighted by molar-refractivity contribution is 7.87. The van der Waals surface area contributed by atoms with E-state index in [4.69, 9.17) is 13.7 Å². The zero-order valence-electron chi connectivity index (χ0n) is 22.2. The Hall–Kier alpha value is -4.21. The maximum absolute atomic E-state index is 14.1. The SMILES string of the molecule is COCCN(Cc1ccc(OC)c(OS(=O)(=O)c2ccc(F)cc2)c1)C(=O)C(c1ccccc1)c1ccccc1. The summed E-state index contributed by atoms with van der Waals surface area (Å²) in [6.45, 7) is 0.775. The lowest BCUT2D eigenvalue weighted by Crippen LogP contribution is -2.37. The summed E-state index contributed by atoms with van der Waals surface area (Å²) in [5, 5.41) is 0. The van der Waals surface area contributed by atoms with Crippen molar-refractivity contribution < 1.29 is 31.3 Å². The van der Waals surface area contributed by atoms with Gasteiger partial charge in [0.25, 0.3) is 0 Å². The average Bonchev–Trinajstić information content (AvgIpc) is 2.96. The van der Waals surface area contributed by atoms with E-state index in [9.17, 15) is 17.6 Å². The first-order valence-electron chi connectivity index (χ1n) is 12.6. The molecule has 0 atom stereocenters. The standard InChI is InChI=1S/C31H30FNO6S/c1-37-20-19-33(31(34)30(24-9-5-3-6-10-24)25-11-7-4-8-12-25)22-23-13-18-28(38-2)29(21-23)39-40(35,36)27-16-14-26(32)15-17-27/h3-18,21,30H,19-20,22H2,1-2H3. The fourth-order valence-electron chi connectivity index (χ4n) is 4.29. The lowest BCUT2D eigenvalue weighted by atomic mass is 9.90. The van der Waals surface area contributed by atoms with Crippen LogP contribution in [0.3, 0.4) is 0 Å². The van der Waals surface area contributed by atoms with Crippen molar-refractivity contribution in [1.29, 1.82) is 0 Å². The van der Waals surface area contributed by atoms with Crippen LogP contribution in [0, 0.1) is 5.82 Å². The molecule has 0 unspecified atom stereocenters. The Balaban J connectivity index is 1.66. The zero-order chi connectivity index (χ0) is 28.5. The Bertz CT molecular complexity index is 1470. The summed E-state index contributed by atoms with van der Waals surface area (Å²) in [4.78, 5) is 15.6. The molecule has 0 aliphatic rings. The van der Waals surface area contributed by atoms with Crippen molar-refractivity contribution in [3.63, 3.8) is 0 Å². The number of halogens is 1. The van der Waals surface area contributed by atoms with Gasteiger partial charge in [0, 0.05) is 20.2 Å². The predicted octanol–water partition coefficient (Wildman–Crippen LogP) is 5.41. The molecule has 9 heteroatoms. The minimum atomic E-state index is -4.27. The summed E-state index contributed by atoms with van der Waals surface area (Å²) in [6, 6.07) is 28.2. The summed E-state index contributed by atoms with van der Waals surface area (Å²) in [7, 11) is -1.31. The second kappa shape index (κ2) is 13.2. The van der Waals surface area contributed by atoms with E-state index in [1.807, 2.05) is 60.7 Å². The summed E-state index contributed by atoms with van der Waals surface area (Å²) < 4.78 is 55.1. The molecule has 0 bridgehead atoms. The molecule has 4 aromatic rings. The summed E-state index contributed by atoms with van der Waals surface area (Å²) in [5.74, 6) is -1.11. The molecule has 0 saturated heterocycles. The molecule has 4 aromatic carbocycles. The maximum Gasteiger partial charge on any atom is 0.339 e. The number of hydrogen-bond acceptors (Lipinski definition) is 6. The molecule has 0 N–H and O–H groups in total. The molecule has 40 heavy (non-hydrogen) atoms. The number of nitrogens with zero attached hydrogens (tertiary/aromatic N) is 1. The smallest absolute Gasteiger partial charge is 0.339 e. The topological polar surface area (TPSA) is 82.1 Å². The summed E-state index contributed by atoms with van der Waals surface area (Å²) in [6.07, 6.45) is 0. The Morgan fingerprint density at radius 3 is 1.98 bits per heavy atom. The van der Waals surface area contributed by atoms with Crippen LogP contribution in [-0.2, 0) is 26.2 Å². The van der Waals surface area contributed by atoms with Crippen molar-refractivity contribution in [1.82, 2.24) is 4.90 Å². The Morgan fingerprint density at radius 2 is 1.43 bits per heavy atom. The molecule has 0 heterocycles. The van der Waals surface area contributed by atoms with Gasteiger partial charge in [-0.1, -0.05) is 66.7 Å². The minimum absolute atomic E-state index is 0.0499. The molecule has 0 fully saturated rings. The van der Waals surface area contributed by atoms with Gasteiger partial charge < -0.3 is 18.6 Å². The molecule has 0 spiro atoms. The van der Waals surface area contributed by atoms with E-state index in [1.165, 1.54) is 13.2 Å². The van der Waals surface area contributed by atoms with Crippen LogP contribution in [0.15, 0.2) is 108 Å². The fraction of sp³-hybridized carbons (Fsp3) is 0.194. The van der Waals surface area contributed by atoms with Gasteiger partial charge >= 0.3 is 10.1 Å². The maximum atomic E-state index is 14.1. The van der Waals surface area contributed by atoms with Crippen molar-refractivity contribution in [2.45, 2.75) is 17.4 Å². The van der Waals surface area contributed by atoms with Gasteiger partial charge in [-0.25, -0.2) is 4.39 Å². The van der Waals surface area contributed by atoms with Crippen LogP contribution in [-0.4, -0.2) is 46.6 Å². The van der Waals surface area contributed by atoms with Crippen LogP contribution in [0.5, 0.6) is 11.5 Å². The highest BCUT2D eigenvalue weighted by Gasteiger charge is 2.28. The molecule has 0 saturated carbocycles.